The molecule has 0 aliphatic rings. The number of methoxy groups -OCH3 is 1. The summed E-state index contributed by atoms with van der Waals surface area (Å²) in [5, 5.41) is 2.63. The van der Waals surface area contributed by atoms with Gasteiger partial charge in [-0.1, -0.05) is 0 Å². The summed E-state index contributed by atoms with van der Waals surface area (Å²) in [6, 6.07) is 3.49. The lowest BCUT2D eigenvalue weighted by Gasteiger charge is -2.09. The van der Waals surface area contributed by atoms with Crippen molar-refractivity contribution in [3.8, 4) is 0 Å². The Kier molecular flexibility index (Phi) is 3.65. The SMILES string of the molecule is COC(=O)c1ccc(F)cc1Nc1ncc(F)cn1. The van der Waals surface area contributed by atoms with Gasteiger partial charge in [0, 0.05) is 0 Å². The molecule has 0 amide bonds. The zero-order valence-electron chi connectivity index (χ0n) is 9.85. The second-order valence-corrected chi connectivity index (χ2v) is 3.53. The monoisotopic (exact) mass is 265 g/mol. The topological polar surface area (TPSA) is 64.1 Å². The molecule has 0 spiro atoms. The number of nitrogens with zero attached hydrogens (tertiary/aromatic N) is 2. The molecule has 0 radical (unpaired) electrons. The summed E-state index contributed by atoms with van der Waals surface area (Å²) in [4.78, 5) is 18.8. The summed E-state index contributed by atoms with van der Waals surface area (Å²) in [5.74, 6) is -1.74. The molecule has 5 nitrogen and oxygen atoms in total. The number of halogens is 2. The van der Waals surface area contributed by atoms with Crippen LogP contribution in [0, 0.1) is 11.6 Å². The van der Waals surface area contributed by atoms with Crippen LogP contribution in [0.2, 0.25) is 0 Å². The number of carbonyl (C=O) groups excluding carboxylic acids is 1. The van der Waals surface area contributed by atoms with Crippen LogP contribution in [0.25, 0.3) is 0 Å². The van der Waals surface area contributed by atoms with Crippen molar-refractivity contribution < 1.29 is 18.3 Å². The number of esters is 1. The molecule has 7 heteroatoms. The average Bonchev–Trinajstić information content (AvgIpc) is 2.41. The Labute approximate surface area is 107 Å². The molecule has 1 aromatic carbocycles. The Morgan fingerprint density at radius 3 is 2.53 bits per heavy atom. The second-order valence-electron chi connectivity index (χ2n) is 3.53. The number of aromatic nitrogens is 2. The van der Waals surface area contributed by atoms with E-state index in [1.807, 2.05) is 0 Å². The molecule has 1 heterocycles. The first-order valence-electron chi connectivity index (χ1n) is 5.22. The number of carbonyl (C=O) groups is 1. The Morgan fingerprint density at radius 2 is 1.89 bits per heavy atom. The van der Waals surface area contributed by atoms with Gasteiger partial charge in [0.1, 0.15) is 5.82 Å². The van der Waals surface area contributed by atoms with E-state index < -0.39 is 17.6 Å². The Morgan fingerprint density at radius 1 is 1.21 bits per heavy atom. The summed E-state index contributed by atoms with van der Waals surface area (Å²) in [5.41, 5.74) is 0.260. The van der Waals surface area contributed by atoms with Gasteiger partial charge in [0.2, 0.25) is 5.95 Å². The zero-order chi connectivity index (χ0) is 13.8. The van der Waals surface area contributed by atoms with Gasteiger partial charge in [-0.05, 0) is 18.2 Å². The van der Waals surface area contributed by atoms with Gasteiger partial charge in [0.25, 0.3) is 0 Å². The molecule has 2 rings (SSSR count). The highest BCUT2D eigenvalue weighted by atomic mass is 19.1. The van der Waals surface area contributed by atoms with E-state index >= 15 is 0 Å². The van der Waals surface area contributed by atoms with Gasteiger partial charge < -0.3 is 10.1 Å². The third-order valence-electron chi connectivity index (χ3n) is 2.25. The predicted molar refractivity (Wildman–Crippen MR) is 63.0 cm³/mol. The fraction of sp³-hybridized carbons (Fsp3) is 0.0833. The van der Waals surface area contributed by atoms with E-state index in [4.69, 9.17) is 0 Å². The maximum absolute atomic E-state index is 13.2. The van der Waals surface area contributed by atoms with Crippen molar-refractivity contribution in [2.45, 2.75) is 0 Å². The molecule has 0 bridgehead atoms. The normalized spacial score (nSPS) is 10.1. The largest absolute Gasteiger partial charge is 0.465 e. The van der Waals surface area contributed by atoms with Crippen molar-refractivity contribution in [2.24, 2.45) is 0 Å². The lowest BCUT2D eigenvalue weighted by Crippen LogP contribution is -2.07. The van der Waals surface area contributed by atoms with E-state index in [2.05, 4.69) is 20.0 Å². The standard InChI is InChI=1S/C12H9F2N3O2/c1-19-11(18)9-3-2-7(13)4-10(9)17-12-15-5-8(14)6-16-12/h2-6H,1H3,(H,15,16,17). The summed E-state index contributed by atoms with van der Waals surface area (Å²) in [6.45, 7) is 0. The zero-order valence-corrected chi connectivity index (χ0v) is 9.85. The highest BCUT2D eigenvalue weighted by Gasteiger charge is 2.13. The maximum atomic E-state index is 13.2. The van der Waals surface area contributed by atoms with Crippen LogP contribution in [0.3, 0.4) is 0 Å². The Bertz CT molecular complexity index is 602. The fourth-order valence-electron chi connectivity index (χ4n) is 1.41. The third-order valence-corrected chi connectivity index (χ3v) is 2.25. The Balaban J connectivity index is 2.35. The minimum Gasteiger partial charge on any atom is -0.465 e. The van der Waals surface area contributed by atoms with E-state index in [-0.39, 0.29) is 17.2 Å². The van der Waals surface area contributed by atoms with Gasteiger partial charge in [-0.15, -0.1) is 0 Å². The van der Waals surface area contributed by atoms with Crippen molar-refractivity contribution in [1.82, 2.24) is 9.97 Å². The molecule has 2 aromatic rings. The summed E-state index contributed by atoms with van der Waals surface area (Å²) in [6.07, 6.45) is 1.90. The van der Waals surface area contributed by atoms with E-state index in [0.717, 1.165) is 24.5 Å². The molecule has 0 atom stereocenters. The quantitative estimate of drug-likeness (QED) is 0.862. The van der Waals surface area contributed by atoms with Crippen LogP contribution in [0.4, 0.5) is 20.4 Å². The molecule has 0 fully saturated rings. The molecule has 0 aliphatic carbocycles. The van der Waals surface area contributed by atoms with Crippen LogP contribution in [0.1, 0.15) is 10.4 Å². The van der Waals surface area contributed by atoms with Crippen molar-refractivity contribution in [3.63, 3.8) is 0 Å². The van der Waals surface area contributed by atoms with E-state index in [1.54, 1.807) is 0 Å². The summed E-state index contributed by atoms with van der Waals surface area (Å²) < 4.78 is 30.4. The molecule has 98 valence electrons. The molecule has 0 aliphatic heterocycles. The predicted octanol–water partition coefficient (Wildman–Crippen LogP) is 2.29. The van der Waals surface area contributed by atoms with E-state index in [0.29, 0.717) is 0 Å². The van der Waals surface area contributed by atoms with Crippen LogP contribution in [0.15, 0.2) is 30.6 Å². The average molecular weight is 265 g/mol. The molecular formula is C12H9F2N3O2. The molecular weight excluding hydrogens is 256 g/mol. The molecule has 1 N–H and O–H groups in total. The van der Waals surface area contributed by atoms with Crippen LogP contribution in [0.5, 0.6) is 0 Å². The molecule has 0 unspecified atom stereocenters. The van der Waals surface area contributed by atoms with Gasteiger partial charge in [-0.2, -0.15) is 0 Å². The second kappa shape index (κ2) is 5.38. The van der Waals surface area contributed by atoms with Gasteiger partial charge in [0.15, 0.2) is 5.82 Å². The molecule has 1 aromatic heterocycles. The number of nitrogens with one attached hydrogen (secondary N) is 1. The Hall–Kier alpha value is -2.57. The lowest BCUT2D eigenvalue weighted by molar-refractivity contribution is 0.0602. The first-order chi connectivity index (χ1) is 9.10. The van der Waals surface area contributed by atoms with E-state index in [9.17, 15) is 13.6 Å². The first kappa shape index (κ1) is 12.9. The molecule has 19 heavy (non-hydrogen) atoms. The van der Waals surface area contributed by atoms with Gasteiger partial charge in [-0.25, -0.2) is 23.5 Å². The lowest BCUT2D eigenvalue weighted by atomic mass is 10.1. The van der Waals surface area contributed by atoms with Crippen LogP contribution in [-0.2, 0) is 4.74 Å². The summed E-state index contributed by atoms with van der Waals surface area (Å²) in [7, 11) is 1.21. The van der Waals surface area contributed by atoms with Gasteiger partial charge >= 0.3 is 5.97 Å². The minimum atomic E-state index is -0.635. The maximum Gasteiger partial charge on any atom is 0.339 e. The van der Waals surface area contributed by atoms with Crippen LogP contribution >= 0.6 is 0 Å². The van der Waals surface area contributed by atoms with E-state index in [1.165, 1.54) is 13.2 Å². The fourth-order valence-corrected chi connectivity index (χ4v) is 1.41. The number of hydrogen-bond donors (Lipinski definition) is 1. The number of hydrogen-bond acceptors (Lipinski definition) is 5. The van der Waals surface area contributed by atoms with Crippen molar-refractivity contribution in [1.29, 1.82) is 0 Å². The van der Waals surface area contributed by atoms with Crippen LogP contribution < -0.4 is 5.32 Å². The molecule has 0 saturated carbocycles. The highest BCUT2D eigenvalue weighted by molar-refractivity contribution is 5.96. The van der Waals surface area contributed by atoms with Crippen molar-refractivity contribution in [2.75, 3.05) is 12.4 Å². The minimum absolute atomic E-state index is 0.0390. The number of benzene rings is 1. The first-order valence-corrected chi connectivity index (χ1v) is 5.22. The van der Waals surface area contributed by atoms with Gasteiger partial charge in [-0.3, -0.25) is 0 Å². The van der Waals surface area contributed by atoms with Crippen molar-refractivity contribution >= 4 is 17.6 Å². The number of anilines is 2. The third kappa shape index (κ3) is 3.01. The number of ether oxygens (including phenoxy) is 1. The van der Waals surface area contributed by atoms with Gasteiger partial charge in [0.05, 0.1) is 30.8 Å². The smallest absolute Gasteiger partial charge is 0.339 e. The van der Waals surface area contributed by atoms with Crippen LogP contribution in [-0.4, -0.2) is 23.0 Å². The molecule has 0 saturated heterocycles. The van der Waals surface area contributed by atoms with Crippen molar-refractivity contribution in [3.05, 3.63) is 47.8 Å². The summed E-state index contributed by atoms with van der Waals surface area (Å²) >= 11 is 0. The highest BCUT2D eigenvalue weighted by Crippen LogP contribution is 2.21. The number of rotatable bonds is 3.